The van der Waals surface area contributed by atoms with Crippen molar-refractivity contribution in [2.24, 2.45) is 7.05 Å². The van der Waals surface area contributed by atoms with Crippen molar-refractivity contribution in [3.05, 3.63) is 51.1 Å². The topological polar surface area (TPSA) is 86.8 Å². The van der Waals surface area contributed by atoms with Crippen LogP contribution >= 0.6 is 11.3 Å². The number of aromatic nitrogens is 4. The molecule has 0 radical (unpaired) electrons. The summed E-state index contributed by atoms with van der Waals surface area (Å²) in [6.45, 7) is 2.74. The Morgan fingerprint density at radius 2 is 1.85 bits per heavy atom. The molecule has 0 aliphatic carbocycles. The van der Waals surface area contributed by atoms with Crippen LogP contribution < -0.4 is 5.56 Å². The summed E-state index contributed by atoms with van der Waals surface area (Å²) in [6.07, 6.45) is -4.76. The van der Waals surface area contributed by atoms with E-state index in [9.17, 15) is 26.4 Å². The summed E-state index contributed by atoms with van der Waals surface area (Å²) in [4.78, 5) is 21.6. The Labute approximate surface area is 191 Å². The zero-order chi connectivity index (χ0) is 24.1. The number of alkyl halides is 3. The molecule has 0 amide bonds. The number of halogens is 3. The van der Waals surface area contributed by atoms with Crippen LogP contribution in [0.4, 0.5) is 13.2 Å². The molecule has 0 saturated heterocycles. The SMILES string of the molecule is CCn1c(C(F)(F)F)cc2nc(-c3nc(-c4ccsc4)ccc3S(=O)(=O)CC)n(C)c2c1=O. The number of imidazole rings is 1. The van der Waals surface area contributed by atoms with Gasteiger partial charge in [0.25, 0.3) is 5.56 Å². The lowest BCUT2D eigenvalue weighted by Gasteiger charge is -2.14. The number of pyridine rings is 2. The molecule has 12 heteroatoms. The summed E-state index contributed by atoms with van der Waals surface area (Å²) in [5, 5.41) is 3.68. The molecule has 0 atom stereocenters. The molecule has 0 bridgehead atoms. The van der Waals surface area contributed by atoms with Crippen molar-refractivity contribution in [3.63, 3.8) is 0 Å². The number of hydrogen-bond donors (Lipinski definition) is 0. The summed E-state index contributed by atoms with van der Waals surface area (Å²) in [6, 6.07) is 5.61. The zero-order valence-corrected chi connectivity index (χ0v) is 19.5. The Morgan fingerprint density at radius 3 is 2.42 bits per heavy atom. The fraction of sp³-hybridized carbons (Fsp3) is 0.286. The third kappa shape index (κ3) is 3.86. The van der Waals surface area contributed by atoms with Gasteiger partial charge in [0.15, 0.2) is 15.7 Å². The Bertz CT molecular complexity index is 1520. The molecule has 0 fully saturated rings. The number of sulfone groups is 1. The van der Waals surface area contributed by atoms with Gasteiger partial charge in [-0.2, -0.15) is 24.5 Å². The van der Waals surface area contributed by atoms with Crippen molar-refractivity contribution in [2.45, 2.75) is 31.5 Å². The summed E-state index contributed by atoms with van der Waals surface area (Å²) in [5.74, 6) is -0.210. The summed E-state index contributed by atoms with van der Waals surface area (Å²) in [7, 11) is -2.29. The van der Waals surface area contributed by atoms with E-state index in [1.54, 1.807) is 6.07 Å². The third-order valence-corrected chi connectivity index (χ3v) is 7.79. The largest absolute Gasteiger partial charge is 0.431 e. The second-order valence-electron chi connectivity index (χ2n) is 7.26. The van der Waals surface area contributed by atoms with Gasteiger partial charge in [0.2, 0.25) is 0 Å². The number of thiophene rings is 1. The first-order valence-electron chi connectivity index (χ1n) is 9.93. The lowest BCUT2D eigenvalue weighted by atomic mass is 10.2. The van der Waals surface area contributed by atoms with Crippen LogP contribution in [0.2, 0.25) is 0 Å². The van der Waals surface area contributed by atoms with Crippen LogP contribution in [0, 0.1) is 0 Å². The molecule has 0 saturated carbocycles. The number of hydrogen-bond acceptors (Lipinski definition) is 6. The number of fused-ring (bicyclic) bond motifs is 1. The molecule has 0 unspecified atom stereocenters. The monoisotopic (exact) mass is 496 g/mol. The van der Waals surface area contributed by atoms with Crippen LogP contribution in [0.1, 0.15) is 19.5 Å². The fourth-order valence-corrected chi connectivity index (χ4v) is 5.33. The van der Waals surface area contributed by atoms with Gasteiger partial charge in [-0.1, -0.05) is 6.92 Å². The predicted molar refractivity (Wildman–Crippen MR) is 120 cm³/mol. The van der Waals surface area contributed by atoms with E-state index in [1.807, 2.05) is 16.8 Å². The van der Waals surface area contributed by atoms with E-state index < -0.39 is 27.3 Å². The van der Waals surface area contributed by atoms with Gasteiger partial charge in [0, 0.05) is 24.5 Å². The van der Waals surface area contributed by atoms with Crippen molar-refractivity contribution in [2.75, 3.05) is 5.75 Å². The molecule has 4 heterocycles. The van der Waals surface area contributed by atoms with Gasteiger partial charge in [0.05, 0.1) is 21.9 Å². The fourth-order valence-electron chi connectivity index (χ4n) is 3.66. The maximum atomic E-state index is 13.6. The van der Waals surface area contributed by atoms with E-state index in [-0.39, 0.29) is 39.7 Å². The molecule has 4 aromatic rings. The average molecular weight is 497 g/mol. The van der Waals surface area contributed by atoms with E-state index in [2.05, 4.69) is 9.97 Å². The van der Waals surface area contributed by atoms with Crippen LogP contribution in [0.15, 0.2) is 44.7 Å². The summed E-state index contributed by atoms with van der Waals surface area (Å²) >= 11 is 1.44. The molecule has 4 rings (SSSR count). The Balaban J connectivity index is 2.08. The van der Waals surface area contributed by atoms with Crippen molar-refractivity contribution < 1.29 is 21.6 Å². The van der Waals surface area contributed by atoms with Crippen molar-refractivity contribution in [1.82, 2.24) is 19.1 Å². The molecule has 0 aliphatic heterocycles. The molecule has 0 aromatic carbocycles. The predicted octanol–water partition coefficient (Wildman–Crippen LogP) is 4.36. The van der Waals surface area contributed by atoms with Crippen LogP contribution in [0.5, 0.6) is 0 Å². The van der Waals surface area contributed by atoms with Gasteiger partial charge in [-0.05, 0) is 36.6 Å². The first-order valence-corrected chi connectivity index (χ1v) is 12.5. The summed E-state index contributed by atoms with van der Waals surface area (Å²) in [5.41, 5.74) is -1.01. The van der Waals surface area contributed by atoms with Gasteiger partial charge in [-0.3, -0.25) is 4.79 Å². The molecule has 33 heavy (non-hydrogen) atoms. The highest BCUT2D eigenvalue weighted by atomic mass is 32.2. The van der Waals surface area contributed by atoms with Gasteiger partial charge in [-0.15, -0.1) is 0 Å². The highest BCUT2D eigenvalue weighted by Gasteiger charge is 2.36. The Kier molecular flexibility index (Phi) is 5.69. The van der Waals surface area contributed by atoms with Gasteiger partial charge in [0.1, 0.15) is 16.9 Å². The van der Waals surface area contributed by atoms with E-state index >= 15 is 0 Å². The van der Waals surface area contributed by atoms with Crippen molar-refractivity contribution >= 4 is 32.2 Å². The maximum absolute atomic E-state index is 13.6. The van der Waals surface area contributed by atoms with E-state index in [0.29, 0.717) is 10.3 Å². The summed E-state index contributed by atoms with van der Waals surface area (Å²) < 4.78 is 68.2. The molecule has 174 valence electrons. The minimum Gasteiger partial charge on any atom is -0.321 e. The second kappa shape index (κ2) is 8.10. The minimum atomic E-state index is -4.76. The van der Waals surface area contributed by atoms with Crippen LogP contribution in [-0.2, 0) is 29.6 Å². The van der Waals surface area contributed by atoms with Crippen LogP contribution in [-0.4, -0.2) is 33.3 Å². The second-order valence-corrected chi connectivity index (χ2v) is 10.3. The first-order chi connectivity index (χ1) is 15.5. The molecule has 0 spiro atoms. The Hall–Kier alpha value is -2.99. The number of aryl methyl sites for hydroxylation is 1. The van der Waals surface area contributed by atoms with Gasteiger partial charge < -0.3 is 9.13 Å². The minimum absolute atomic E-state index is 0.00631. The van der Waals surface area contributed by atoms with Crippen molar-refractivity contribution in [3.8, 4) is 22.8 Å². The molecule has 4 aromatic heterocycles. The third-order valence-electron chi connectivity index (χ3n) is 5.34. The molecule has 0 aliphatic rings. The van der Waals surface area contributed by atoms with E-state index in [1.165, 1.54) is 42.9 Å². The smallest absolute Gasteiger partial charge is 0.321 e. The lowest BCUT2D eigenvalue weighted by Crippen LogP contribution is -2.28. The average Bonchev–Trinajstić information content (AvgIpc) is 3.41. The zero-order valence-electron chi connectivity index (χ0n) is 17.8. The maximum Gasteiger partial charge on any atom is 0.431 e. The lowest BCUT2D eigenvalue weighted by molar-refractivity contribution is -0.144. The van der Waals surface area contributed by atoms with Crippen molar-refractivity contribution in [1.29, 1.82) is 0 Å². The molecule has 0 N–H and O–H groups in total. The van der Waals surface area contributed by atoms with E-state index in [0.717, 1.165) is 11.6 Å². The van der Waals surface area contributed by atoms with Gasteiger partial charge in [-0.25, -0.2) is 18.4 Å². The number of nitrogens with zero attached hydrogens (tertiary/aromatic N) is 4. The quantitative estimate of drug-likeness (QED) is 0.410. The van der Waals surface area contributed by atoms with Gasteiger partial charge >= 0.3 is 6.18 Å². The highest BCUT2D eigenvalue weighted by Crippen LogP contribution is 2.34. The van der Waals surface area contributed by atoms with Crippen LogP contribution in [0.3, 0.4) is 0 Å². The molecule has 7 nitrogen and oxygen atoms in total. The Morgan fingerprint density at radius 1 is 1.12 bits per heavy atom. The molecular weight excluding hydrogens is 477 g/mol. The standard InChI is InChI=1S/C21H19F3N4O3S2/c1-4-28-16(21(22,23)24)10-14-18(20(28)29)27(3)19(26-14)17-15(33(30,31)5-2)7-6-13(25-17)12-8-9-32-11-12/h6-11H,4-5H2,1-3H3. The normalized spacial score (nSPS) is 12.5. The number of rotatable bonds is 5. The van der Waals surface area contributed by atoms with E-state index in [4.69, 9.17) is 0 Å². The highest BCUT2D eigenvalue weighted by molar-refractivity contribution is 7.91. The first kappa shape index (κ1) is 23.2. The van der Waals surface area contributed by atoms with Crippen LogP contribution in [0.25, 0.3) is 33.8 Å². The molecular formula is C21H19F3N4O3S2.